The van der Waals surface area contributed by atoms with Crippen LogP contribution in [0.2, 0.25) is 0 Å². The van der Waals surface area contributed by atoms with Gasteiger partial charge in [-0.2, -0.15) is 0 Å². The van der Waals surface area contributed by atoms with Crippen molar-refractivity contribution in [2.45, 2.75) is 18.2 Å². The van der Waals surface area contributed by atoms with Gasteiger partial charge in [0.05, 0.1) is 11.5 Å². The molecule has 1 aromatic carbocycles. The highest BCUT2D eigenvalue weighted by Gasteiger charge is 2.19. The van der Waals surface area contributed by atoms with Crippen LogP contribution in [0, 0.1) is 12.7 Å². The SMILES string of the molecule is Cc1c(F)cc(N)cc1S(=O)(=O)NCCOCC(F)F. The molecule has 0 amide bonds. The summed E-state index contributed by atoms with van der Waals surface area (Å²) in [6, 6.07) is 2.14. The summed E-state index contributed by atoms with van der Waals surface area (Å²) in [6.45, 7) is 0.114. The van der Waals surface area contributed by atoms with Crippen LogP contribution in [-0.2, 0) is 14.8 Å². The molecule has 0 unspecified atom stereocenters. The van der Waals surface area contributed by atoms with E-state index in [1.165, 1.54) is 6.92 Å². The zero-order valence-corrected chi connectivity index (χ0v) is 11.5. The van der Waals surface area contributed by atoms with E-state index in [2.05, 4.69) is 9.46 Å². The monoisotopic (exact) mass is 312 g/mol. The van der Waals surface area contributed by atoms with Crippen LogP contribution in [0.4, 0.5) is 18.9 Å². The number of nitrogen functional groups attached to an aromatic ring is 1. The van der Waals surface area contributed by atoms with Crippen molar-refractivity contribution in [2.24, 2.45) is 0 Å². The van der Waals surface area contributed by atoms with E-state index in [1.54, 1.807) is 0 Å². The van der Waals surface area contributed by atoms with E-state index in [-0.39, 0.29) is 29.3 Å². The molecular formula is C11H15F3N2O3S. The Morgan fingerprint density at radius 2 is 2.05 bits per heavy atom. The lowest BCUT2D eigenvalue weighted by Gasteiger charge is -2.11. The van der Waals surface area contributed by atoms with E-state index in [0.29, 0.717) is 0 Å². The number of hydrogen-bond donors (Lipinski definition) is 2. The summed E-state index contributed by atoms with van der Waals surface area (Å²) in [5.74, 6) is -0.737. The Labute approximate surface area is 115 Å². The maximum Gasteiger partial charge on any atom is 0.261 e. The molecule has 1 rings (SSSR count). The molecule has 0 aliphatic rings. The molecule has 3 N–H and O–H groups in total. The van der Waals surface area contributed by atoms with Gasteiger partial charge in [-0.05, 0) is 19.1 Å². The third kappa shape index (κ3) is 4.66. The minimum Gasteiger partial charge on any atom is -0.399 e. The van der Waals surface area contributed by atoms with Crippen LogP contribution in [-0.4, -0.2) is 34.6 Å². The molecule has 0 saturated carbocycles. The number of nitrogens with one attached hydrogen (secondary N) is 1. The van der Waals surface area contributed by atoms with E-state index >= 15 is 0 Å². The highest BCUT2D eigenvalue weighted by atomic mass is 32.2. The first-order valence-corrected chi connectivity index (χ1v) is 7.13. The molecule has 0 heterocycles. The van der Waals surface area contributed by atoms with Crippen molar-refractivity contribution in [3.63, 3.8) is 0 Å². The summed E-state index contributed by atoms with van der Waals surface area (Å²) in [6.07, 6.45) is -2.61. The molecule has 0 radical (unpaired) electrons. The Hall–Kier alpha value is -1.32. The van der Waals surface area contributed by atoms with Gasteiger partial charge in [-0.15, -0.1) is 0 Å². The van der Waals surface area contributed by atoms with Crippen LogP contribution >= 0.6 is 0 Å². The Kier molecular flexibility index (Phi) is 5.78. The quantitative estimate of drug-likeness (QED) is 0.587. The van der Waals surface area contributed by atoms with Crippen LogP contribution in [0.25, 0.3) is 0 Å². The van der Waals surface area contributed by atoms with Crippen molar-refractivity contribution in [1.82, 2.24) is 4.72 Å². The van der Waals surface area contributed by atoms with Gasteiger partial charge >= 0.3 is 0 Å². The number of halogens is 3. The summed E-state index contributed by atoms with van der Waals surface area (Å²) in [7, 11) is -3.97. The fourth-order valence-electron chi connectivity index (χ4n) is 1.45. The molecule has 1 aromatic rings. The van der Waals surface area contributed by atoms with Gasteiger partial charge in [-0.3, -0.25) is 0 Å². The third-order valence-corrected chi connectivity index (χ3v) is 3.98. The molecule has 0 saturated heterocycles. The average Bonchev–Trinajstić information content (AvgIpc) is 2.32. The Morgan fingerprint density at radius 3 is 2.65 bits per heavy atom. The second kappa shape index (κ2) is 6.91. The number of rotatable bonds is 7. The first-order valence-electron chi connectivity index (χ1n) is 5.65. The van der Waals surface area contributed by atoms with Crippen molar-refractivity contribution in [3.8, 4) is 0 Å². The number of alkyl halides is 2. The number of anilines is 1. The highest BCUT2D eigenvalue weighted by Crippen LogP contribution is 2.21. The van der Waals surface area contributed by atoms with Gasteiger partial charge in [0, 0.05) is 17.8 Å². The van der Waals surface area contributed by atoms with E-state index in [4.69, 9.17) is 5.73 Å². The van der Waals surface area contributed by atoms with Gasteiger partial charge < -0.3 is 10.5 Å². The minimum atomic E-state index is -3.97. The van der Waals surface area contributed by atoms with Gasteiger partial charge in [-0.1, -0.05) is 0 Å². The standard InChI is InChI=1S/C11H15F3N2O3S/c1-7-9(12)4-8(15)5-10(7)20(17,18)16-2-3-19-6-11(13)14/h4-5,11,16H,2-3,6,15H2,1H3. The largest absolute Gasteiger partial charge is 0.399 e. The lowest BCUT2D eigenvalue weighted by atomic mass is 10.2. The van der Waals surface area contributed by atoms with Crippen molar-refractivity contribution < 1.29 is 26.3 Å². The Balaban J connectivity index is 2.70. The maximum absolute atomic E-state index is 13.4. The summed E-state index contributed by atoms with van der Waals surface area (Å²) in [5, 5.41) is 0. The fraction of sp³-hybridized carbons (Fsp3) is 0.455. The van der Waals surface area contributed by atoms with E-state index in [1.807, 2.05) is 0 Å². The second-order valence-electron chi connectivity index (χ2n) is 3.99. The zero-order chi connectivity index (χ0) is 15.3. The van der Waals surface area contributed by atoms with Gasteiger partial charge in [-0.25, -0.2) is 26.3 Å². The van der Waals surface area contributed by atoms with Crippen LogP contribution in [0.5, 0.6) is 0 Å². The van der Waals surface area contributed by atoms with Crippen LogP contribution in [0.15, 0.2) is 17.0 Å². The molecule has 0 aliphatic heterocycles. The average molecular weight is 312 g/mol. The summed E-state index contributed by atoms with van der Waals surface area (Å²) < 4.78 is 67.5. The number of hydrogen-bond acceptors (Lipinski definition) is 4. The van der Waals surface area contributed by atoms with Gasteiger partial charge in [0.1, 0.15) is 12.4 Å². The lowest BCUT2D eigenvalue weighted by Crippen LogP contribution is -2.28. The predicted octanol–water partition coefficient (Wildman–Crippen LogP) is 1.28. The number of nitrogens with two attached hydrogens (primary N) is 1. The highest BCUT2D eigenvalue weighted by molar-refractivity contribution is 7.89. The maximum atomic E-state index is 13.4. The first kappa shape index (κ1) is 16.7. The molecule has 0 spiro atoms. The summed E-state index contributed by atoms with van der Waals surface area (Å²) in [4.78, 5) is -0.288. The number of sulfonamides is 1. The summed E-state index contributed by atoms with van der Waals surface area (Å²) >= 11 is 0. The fourth-order valence-corrected chi connectivity index (χ4v) is 2.75. The van der Waals surface area contributed by atoms with Crippen molar-refractivity contribution in [2.75, 3.05) is 25.5 Å². The smallest absolute Gasteiger partial charge is 0.261 e. The van der Waals surface area contributed by atoms with Crippen LogP contribution in [0.3, 0.4) is 0 Å². The molecule has 0 aliphatic carbocycles. The van der Waals surface area contributed by atoms with Crippen LogP contribution < -0.4 is 10.5 Å². The Morgan fingerprint density at radius 1 is 1.40 bits per heavy atom. The van der Waals surface area contributed by atoms with Gasteiger partial charge in [0.2, 0.25) is 10.0 Å². The molecule has 9 heteroatoms. The van der Waals surface area contributed by atoms with E-state index in [0.717, 1.165) is 12.1 Å². The zero-order valence-electron chi connectivity index (χ0n) is 10.7. The van der Waals surface area contributed by atoms with E-state index < -0.39 is 28.9 Å². The van der Waals surface area contributed by atoms with Crippen molar-refractivity contribution in [3.05, 3.63) is 23.5 Å². The van der Waals surface area contributed by atoms with Crippen LogP contribution in [0.1, 0.15) is 5.56 Å². The topological polar surface area (TPSA) is 81.4 Å². The molecule has 20 heavy (non-hydrogen) atoms. The predicted molar refractivity (Wildman–Crippen MR) is 67.6 cm³/mol. The van der Waals surface area contributed by atoms with Gasteiger partial charge in [0.25, 0.3) is 6.43 Å². The molecule has 0 bridgehead atoms. The van der Waals surface area contributed by atoms with E-state index in [9.17, 15) is 21.6 Å². The third-order valence-electron chi connectivity index (χ3n) is 2.39. The summed E-state index contributed by atoms with van der Waals surface area (Å²) in [5.41, 5.74) is 5.30. The lowest BCUT2D eigenvalue weighted by molar-refractivity contribution is 0.0199. The molecule has 0 atom stereocenters. The second-order valence-corrected chi connectivity index (χ2v) is 5.73. The van der Waals surface area contributed by atoms with Crippen molar-refractivity contribution in [1.29, 1.82) is 0 Å². The molecular weight excluding hydrogens is 297 g/mol. The normalized spacial score (nSPS) is 12.1. The minimum absolute atomic E-state index is 0.0255. The van der Waals surface area contributed by atoms with Crippen molar-refractivity contribution >= 4 is 15.7 Å². The number of benzene rings is 1. The van der Waals surface area contributed by atoms with Gasteiger partial charge in [0.15, 0.2) is 0 Å². The Bertz CT molecular complexity index is 564. The molecule has 0 fully saturated rings. The number of ether oxygens (including phenoxy) is 1. The molecule has 5 nitrogen and oxygen atoms in total. The first-order chi connectivity index (χ1) is 9.24. The molecule has 0 aromatic heterocycles. The molecule has 114 valence electrons.